The van der Waals surface area contributed by atoms with Crippen molar-refractivity contribution < 1.29 is 19.8 Å². The molecular weight excluding hydrogens is 295 g/mol. The molecule has 0 radical (unpaired) electrons. The normalized spacial score (nSPS) is 20.7. The highest BCUT2D eigenvalue weighted by atomic mass is 35.5. The van der Waals surface area contributed by atoms with Crippen LogP contribution < -0.4 is 10.6 Å². The van der Waals surface area contributed by atoms with Crippen LogP contribution in [-0.4, -0.2) is 28.4 Å². The van der Waals surface area contributed by atoms with E-state index in [1.807, 2.05) is 0 Å². The molecule has 0 bridgehead atoms. The van der Waals surface area contributed by atoms with Gasteiger partial charge in [-0.25, -0.2) is 9.59 Å². The van der Waals surface area contributed by atoms with E-state index in [0.717, 1.165) is 5.56 Å². The maximum absolute atomic E-state index is 10.8. The van der Waals surface area contributed by atoms with Gasteiger partial charge in [0.15, 0.2) is 0 Å². The average Bonchev–Trinajstić information content (AvgIpc) is 2.54. The van der Waals surface area contributed by atoms with Gasteiger partial charge in [0.25, 0.3) is 0 Å². The van der Waals surface area contributed by atoms with Crippen LogP contribution in [0.4, 0.5) is 9.59 Å². The van der Waals surface area contributed by atoms with Crippen LogP contribution in [0.25, 0.3) is 0 Å². The number of carboxylic acid groups (broad SMARTS) is 2. The highest BCUT2D eigenvalue weighted by Gasteiger charge is 2.36. The standard InChI is InChI=1S/C11H10Cl2N2O4/c12-5-1-4-2-7(14-10(16)17)9(15-11(18)19)8(4)6(13)3-5/h1,3,7,9,14-15H,2H2,(H,16,17)(H,18,19)/t7-,9-/m1/s1. The molecule has 2 amide bonds. The number of nitrogens with one attached hydrogen (secondary N) is 2. The summed E-state index contributed by atoms with van der Waals surface area (Å²) in [6.45, 7) is 0. The molecule has 19 heavy (non-hydrogen) atoms. The molecule has 6 nitrogen and oxygen atoms in total. The van der Waals surface area contributed by atoms with Gasteiger partial charge in [-0.05, 0) is 29.7 Å². The number of carbonyl (C=O) groups is 2. The zero-order valence-corrected chi connectivity index (χ0v) is 11.0. The van der Waals surface area contributed by atoms with E-state index in [0.29, 0.717) is 22.0 Å². The second-order valence-electron chi connectivity index (χ2n) is 4.15. The molecule has 0 saturated carbocycles. The molecule has 0 heterocycles. The Morgan fingerprint density at radius 2 is 1.79 bits per heavy atom. The van der Waals surface area contributed by atoms with Gasteiger partial charge in [-0.15, -0.1) is 0 Å². The van der Waals surface area contributed by atoms with E-state index in [1.54, 1.807) is 6.07 Å². The molecule has 2 rings (SSSR count). The predicted molar refractivity (Wildman–Crippen MR) is 69.0 cm³/mol. The molecule has 1 aliphatic rings. The molecule has 2 atom stereocenters. The lowest BCUT2D eigenvalue weighted by Gasteiger charge is -2.20. The van der Waals surface area contributed by atoms with Crippen LogP contribution in [0.2, 0.25) is 10.0 Å². The van der Waals surface area contributed by atoms with Gasteiger partial charge in [-0.1, -0.05) is 23.2 Å². The van der Waals surface area contributed by atoms with Crippen LogP contribution in [0, 0.1) is 0 Å². The fourth-order valence-electron chi connectivity index (χ4n) is 2.31. The maximum Gasteiger partial charge on any atom is 0.405 e. The van der Waals surface area contributed by atoms with Crippen molar-refractivity contribution in [2.75, 3.05) is 0 Å². The van der Waals surface area contributed by atoms with Gasteiger partial charge in [0, 0.05) is 10.0 Å². The largest absolute Gasteiger partial charge is 0.465 e. The summed E-state index contributed by atoms with van der Waals surface area (Å²) in [5, 5.41) is 22.9. The number of benzene rings is 1. The van der Waals surface area contributed by atoms with Gasteiger partial charge in [-0.2, -0.15) is 0 Å². The van der Waals surface area contributed by atoms with Crippen LogP contribution in [0.1, 0.15) is 17.2 Å². The topological polar surface area (TPSA) is 98.7 Å². The minimum atomic E-state index is -1.25. The maximum atomic E-state index is 10.8. The summed E-state index contributed by atoms with van der Waals surface area (Å²) in [4.78, 5) is 21.6. The van der Waals surface area contributed by atoms with Crippen molar-refractivity contribution in [2.24, 2.45) is 0 Å². The average molecular weight is 305 g/mol. The molecule has 0 aliphatic heterocycles. The molecule has 0 unspecified atom stereocenters. The van der Waals surface area contributed by atoms with Gasteiger partial charge >= 0.3 is 12.2 Å². The molecule has 8 heteroatoms. The molecule has 1 aromatic rings. The zero-order valence-electron chi connectivity index (χ0n) is 9.48. The van der Waals surface area contributed by atoms with Gasteiger partial charge in [0.2, 0.25) is 0 Å². The second kappa shape index (κ2) is 5.14. The van der Waals surface area contributed by atoms with Gasteiger partial charge in [0.1, 0.15) is 0 Å². The van der Waals surface area contributed by atoms with E-state index in [4.69, 9.17) is 33.4 Å². The minimum absolute atomic E-state index is 0.316. The van der Waals surface area contributed by atoms with E-state index in [1.165, 1.54) is 6.07 Å². The fraction of sp³-hybridized carbons (Fsp3) is 0.273. The van der Waals surface area contributed by atoms with Crippen molar-refractivity contribution in [3.63, 3.8) is 0 Å². The van der Waals surface area contributed by atoms with Crippen molar-refractivity contribution in [1.29, 1.82) is 0 Å². The molecule has 1 aliphatic carbocycles. The summed E-state index contributed by atoms with van der Waals surface area (Å²) in [7, 11) is 0. The first-order valence-corrected chi connectivity index (χ1v) is 6.11. The first-order valence-electron chi connectivity index (χ1n) is 5.35. The summed E-state index contributed by atoms with van der Waals surface area (Å²) in [6, 6.07) is 1.82. The SMILES string of the molecule is O=C(O)N[C@@H]1Cc2cc(Cl)cc(Cl)c2[C@@H]1NC(=O)O. The molecule has 1 aromatic carbocycles. The fourth-order valence-corrected chi connectivity index (χ4v) is 2.96. The van der Waals surface area contributed by atoms with Gasteiger partial charge in [-0.3, -0.25) is 0 Å². The first-order chi connectivity index (χ1) is 8.88. The van der Waals surface area contributed by atoms with Crippen molar-refractivity contribution in [2.45, 2.75) is 18.5 Å². The Bertz CT molecular complexity index is 550. The predicted octanol–water partition coefficient (Wildman–Crippen LogP) is 2.49. The number of halogens is 2. The number of rotatable bonds is 2. The molecule has 0 fully saturated rings. The monoisotopic (exact) mass is 304 g/mol. The smallest absolute Gasteiger partial charge is 0.405 e. The molecule has 0 spiro atoms. The van der Waals surface area contributed by atoms with Crippen molar-refractivity contribution >= 4 is 35.4 Å². The first kappa shape index (κ1) is 13.8. The van der Waals surface area contributed by atoms with E-state index in [2.05, 4.69) is 10.6 Å². The minimum Gasteiger partial charge on any atom is -0.465 e. The summed E-state index contributed by atoms with van der Waals surface area (Å²) in [5.74, 6) is 0. The molecule has 4 N–H and O–H groups in total. The summed E-state index contributed by atoms with van der Waals surface area (Å²) in [5.41, 5.74) is 1.29. The van der Waals surface area contributed by atoms with E-state index >= 15 is 0 Å². The third kappa shape index (κ3) is 2.85. The van der Waals surface area contributed by atoms with Gasteiger partial charge < -0.3 is 20.8 Å². The van der Waals surface area contributed by atoms with E-state index in [-0.39, 0.29) is 0 Å². The molecule has 0 saturated heterocycles. The third-order valence-electron chi connectivity index (χ3n) is 2.92. The van der Waals surface area contributed by atoms with Crippen LogP contribution in [0.5, 0.6) is 0 Å². The van der Waals surface area contributed by atoms with E-state index in [9.17, 15) is 9.59 Å². The van der Waals surface area contributed by atoms with Crippen LogP contribution in [0.3, 0.4) is 0 Å². The number of hydrogen-bond acceptors (Lipinski definition) is 2. The lowest BCUT2D eigenvalue weighted by molar-refractivity contribution is 0.177. The highest BCUT2D eigenvalue weighted by molar-refractivity contribution is 6.35. The lowest BCUT2D eigenvalue weighted by Crippen LogP contribution is -2.43. The second-order valence-corrected chi connectivity index (χ2v) is 4.99. The zero-order chi connectivity index (χ0) is 14.2. The Balaban J connectivity index is 2.40. The Labute approximate surface area is 118 Å². The number of amides is 2. The third-order valence-corrected chi connectivity index (χ3v) is 3.45. The Morgan fingerprint density at radius 1 is 1.16 bits per heavy atom. The summed E-state index contributed by atoms with van der Waals surface area (Å²) >= 11 is 11.9. The van der Waals surface area contributed by atoms with Crippen molar-refractivity contribution in [3.05, 3.63) is 33.3 Å². The highest BCUT2D eigenvalue weighted by Crippen LogP contribution is 2.38. The lowest BCUT2D eigenvalue weighted by atomic mass is 10.1. The Kier molecular flexibility index (Phi) is 3.73. The summed E-state index contributed by atoms with van der Waals surface area (Å²) in [6.07, 6.45) is -2.15. The Morgan fingerprint density at radius 3 is 2.37 bits per heavy atom. The van der Waals surface area contributed by atoms with Crippen LogP contribution >= 0.6 is 23.2 Å². The number of hydrogen-bond donors (Lipinski definition) is 4. The van der Waals surface area contributed by atoms with Crippen LogP contribution in [0.15, 0.2) is 12.1 Å². The number of fused-ring (bicyclic) bond motifs is 1. The Hall–Kier alpha value is -1.66. The van der Waals surface area contributed by atoms with Crippen molar-refractivity contribution in [1.82, 2.24) is 10.6 Å². The van der Waals surface area contributed by atoms with Crippen molar-refractivity contribution in [3.8, 4) is 0 Å². The summed E-state index contributed by atoms with van der Waals surface area (Å²) < 4.78 is 0. The van der Waals surface area contributed by atoms with Crippen LogP contribution in [-0.2, 0) is 6.42 Å². The van der Waals surface area contributed by atoms with Gasteiger partial charge in [0.05, 0.1) is 12.1 Å². The molecule has 102 valence electrons. The molecular formula is C11H10Cl2N2O4. The molecule has 0 aromatic heterocycles. The van der Waals surface area contributed by atoms with E-state index < -0.39 is 24.3 Å². The quantitative estimate of drug-likeness (QED) is 0.674.